The lowest BCUT2D eigenvalue weighted by atomic mass is 10.3. The van der Waals surface area contributed by atoms with E-state index < -0.39 is 23.7 Å². The van der Waals surface area contributed by atoms with Crippen LogP contribution in [0.1, 0.15) is 17.8 Å². The van der Waals surface area contributed by atoms with Crippen LogP contribution in [0.5, 0.6) is 0 Å². The smallest absolute Gasteiger partial charge is 0.435 e. The molecule has 0 spiro atoms. The van der Waals surface area contributed by atoms with Crippen LogP contribution in [0.25, 0.3) is 0 Å². The molecule has 0 bridgehead atoms. The summed E-state index contributed by atoms with van der Waals surface area (Å²) in [5.74, 6) is -1.08. The Hall–Kier alpha value is -2.06. The van der Waals surface area contributed by atoms with Crippen molar-refractivity contribution in [2.75, 3.05) is 13.7 Å². The Kier molecular flexibility index (Phi) is 5.12. The Bertz CT molecular complexity index is 497. The second-order valence-corrected chi connectivity index (χ2v) is 3.99. The Balaban J connectivity index is 2.52. The summed E-state index contributed by atoms with van der Waals surface area (Å²) in [7, 11) is 1.18. The van der Waals surface area contributed by atoms with Gasteiger partial charge in [-0.05, 0) is 13.0 Å². The maximum atomic E-state index is 12.4. The maximum Gasteiger partial charge on any atom is 0.435 e. The predicted molar refractivity (Wildman–Crippen MR) is 61.6 cm³/mol. The van der Waals surface area contributed by atoms with E-state index in [2.05, 4.69) is 15.2 Å². The fourth-order valence-corrected chi connectivity index (χ4v) is 1.41. The summed E-state index contributed by atoms with van der Waals surface area (Å²) in [6.07, 6.45) is -4.60. The molecule has 0 fully saturated rings. The minimum atomic E-state index is -4.51. The average molecular weight is 293 g/mol. The van der Waals surface area contributed by atoms with Crippen molar-refractivity contribution >= 4 is 11.9 Å². The number of hydrogen-bond acceptors (Lipinski definition) is 4. The SMILES string of the molecule is COC(=O)CNC(=O)CCn1nc(C(F)(F)F)cc1C. The highest BCUT2D eigenvalue weighted by Crippen LogP contribution is 2.28. The van der Waals surface area contributed by atoms with E-state index >= 15 is 0 Å². The number of alkyl halides is 3. The third kappa shape index (κ3) is 4.56. The number of aryl methyl sites for hydroxylation is 2. The van der Waals surface area contributed by atoms with Gasteiger partial charge in [0.2, 0.25) is 5.91 Å². The highest BCUT2D eigenvalue weighted by atomic mass is 19.4. The molecule has 1 rings (SSSR count). The molecule has 9 heteroatoms. The van der Waals surface area contributed by atoms with Crippen molar-refractivity contribution < 1.29 is 27.5 Å². The van der Waals surface area contributed by atoms with Crippen LogP contribution in [0, 0.1) is 6.92 Å². The molecule has 0 aliphatic heterocycles. The quantitative estimate of drug-likeness (QED) is 0.818. The first-order valence-electron chi connectivity index (χ1n) is 5.69. The van der Waals surface area contributed by atoms with Crippen LogP contribution in [-0.2, 0) is 27.0 Å². The lowest BCUT2D eigenvalue weighted by Crippen LogP contribution is -2.30. The van der Waals surface area contributed by atoms with E-state index in [0.717, 1.165) is 10.7 Å². The molecule has 0 atom stereocenters. The summed E-state index contributed by atoms with van der Waals surface area (Å²) in [4.78, 5) is 22.1. The van der Waals surface area contributed by atoms with Crippen LogP contribution in [0.3, 0.4) is 0 Å². The average Bonchev–Trinajstić information content (AvgIpc) is 2.74. The van der Waals surface area contributed by atoms with Crippen molar-refractivity contribution in [1.29, 1.82) is 0 Å². The van der Waals surface area contributed by atoms with Crippen LogP contribution in [0.2, 0.25) is 0 Å². The molecule has 1 N–H and O–H groups in total. The summed E-state index contributed by atoms with van der Waals surface area (Å²) in [5, 5.41) is 5.67. The summed E-state index contributed by atoms with van der Waals surface area (Å²) in [5.41, 5.74) is -0.692. The van der Waals surface area contributed by atoms with Gasteiger partial charge in [-0.1, -0.05) is 0 Å². The Labute approximate surface area is 112 Å². The molecule has 1 aromatic rings. The first kappa shape index (κ1) is 16.0. The number of aromatic nitrogens is 2. The van der Waals surface area contributed by atoms with E-state index in [1.165, 1.54) is 14.0 Å². The fraction of sp³-hybridized carbons (Fsp3) is 0.545. The molecule has 0 aromatic carbocycles. The third-order valence-electron chi connectivity index (χ3n) is 2.48. The molecule has 0 aliphatic rings. The van der Waals surface area contributed by atoms with Crippen LogP contribution in [0.4, 0.5) is 13.2 Å². The number of carbonyl (C=O) groups excluding carboxylic acids is 2. The van der Waals surface area contributed by atoms with Gasteiger partial charge in [-0.2, -0.15) is 18.3 Å². The molecule has 1 aromatic heterocycles. The number of halogens is 3. The van der Waals surface area contributed by atoms with Gasteiger partial charge >= 0.3 is 12.1 Å². The lowest BCUT2D eigenvalue weighted by molar-refractivity contribution is -0.142. The second kappa shape index (κ2) is 6.40. The van der Waals surface area contributed by atoms with E-state index in [4.69, 9.17) is 0 Å². The number of rotatable bonds is 5. The van der Waals surface area contributed by atoms with E-state index in [1.54, 1.807) is 0 Å². The number of nitrogens with zero attached hydrogens (tertiary/aromatic N) is 2. The number of carbonyl (C=O) groups is 2. The first-order chi connectivity index (χ1) is 9.24. The molecule has 1 heterocycles. The third-order valence-corrected chi connectivity index (χ3v) is 2.48. The maximum absolute atomic E-state index is 12.4. The number of amides is 1. The van der Waals surface area contributed by atoms with Gasteiger partial charge in [0.15, 0.2) is 5.69 Å². The Morgan fingerprint density at radius 3 is 2.60 bits per heavy atom. The van der Waals surface area contributed by atoms with Gasteiger partial charge in [0.05, 0.1) is 7.11 Å². The highest BCUT2D eigenvalue weighted by Gasteiger charge is 2.34. The number of nitrogens with one attached hydrogen (secondary N) is 1. The van der Waals surface area contributed by atoms with Crippen molar-refractivity contribution in [3.63, 3.8) is 0 Å². The molecule has 0 saturated heterocycles. The zero-order valence-electron chi connectivity index (χ0n) is 11.0. The van der Waals surface area contributed by atoms with Gasteiger partial charge in [0.25, 0.3) is 0 Å². The van der Waals surface area contributed by atoms with Crippen LogP contribution in [-0.4, -0.2) is 35.3 Å². The zero-order chi connectivity index (χ0) is 15.3. The largest absolute Gasteiger partial charge is 0.468 e. The molecule has 1 amide bonds. The van der Waals surface area contributed by atoms with Crippen LogP contribution < -0.4 is 5.32 Å². The van der Waals surface area contributed by atoms with Gasteiger partial charge in [-0.25, -0.2) is 0 Å². The predicted octanol–water partition coefficient (Wildman–Crippen LogP) is 0.890. The van der Waals surface area contributed by atoms with Gasteiger partial charge in [0, 0.05) is 18.7 Å². The van der Waals surface area contributed by atoms with Crippen molar-refractivity contribution in [3.8, 4) is 0 Å². The van der Waals surface area contributed by atoms with Crippen molar-refractivity contribution in [3.05, 3.63) is 17.5 Å². The standard InChI is InChI=1S/C11H14F3N3O3/c1-7-5-8(11(12,13)14)16-17(7)4-3-9(18)15-6-10(19)20-2/h5H,3-4,6H2,1-2H3,(H,15,18). The second-order valence-electron chi connectivity index (χ2n) is 3.99. The molecule has 0 radical (unpaired) electrons. The normalized spacial score (nSPS) is 11.2. The van der Waals surface area contributed by atoms with Gasteiger partial charge in [-0.3, -0.25) is 14.3 Å². The molecular formula is C11H14F3N3O3. The highest BCUT2D eigenvalue weighted by molar-refractivity contribution is 5.81. The Morgan fingerprint density at radius 2 is 2.10 bits per heavy atom. The Morgan fingerprint density at radius 1 is 1.45 bits per heavy atom. The number of ether oxygens (including phenoxy) is 1. The number of hydrogen-bond donors (Lipinski definition) is 1. The number of methoxy groups -OCH3 is 1. The molecule has 0 aliphatic carbocycles. The summed E-state index contributed by atoms with van der Waals surface area (Å²) < 4.78 is 42.7. The van der Waals surface area contributed by atoms with Crippen molar-refractivity contribution in [2.45, 2.75) is 26.1 Å². The van der Waals surface area contributed by atoms with Gasteiger partial charge < -0.3 is 10.1 Å². The monoisotopic (exact) mass is 293 g/mol. The molecule has 0 unspecified atom stereocenters. The van der Waals surface area contributed by atoms with E-state index in [1.807, 2.05) is 0 Å². The van der Waals surface area contributed by atoms with Gasteiger partial charge in [0.1, 0.15) is 6.54 Å². The first-order valence-corrected chi connectivity index (χ1v) is 5.69. The van der Waals surface area contributed by atoms with E-state index in [9.17, 15) is 22.8 Å². The molecule has 0 saturated carbocycles. The van der Waals surface area contributed by atoms with Gasteiger partial charge in [-0.15, -0.1) is 0 Å². The molecule has 112 valence electrons. The van der Waals surface area contributed by atoms with Crippen molar-refractivity contribution in [2.24, 2.45) is 0 Å². The summed E-state index contributed by atoms with van der Waals surface area (Å²) >= 11 is 0. The zero-order valence-corrected chi connectivity index (χ0v) is 11.0. The van der Waals surface area contributed by atoms with E-state index in [0.29, 0.717) is 5.69 Å². The number of esters is 1. The van der Waals surface area contributed by atoms with Crippen molar-refractivity contribution in [1.82, 2.24) is 15.1 Å². The minimum absolute atomic E-state index is 0.00504. The molecule has 6 nitrogen and oxygen atoms in total. The van der Waals surface area contributed by atoms with Crippen LogP contribution >= 0.6 is 0 Å². The minimum Gasteiger partial charge on any atom is -0.468 e. The van der Waals surface area contributed by atoms with Crippen LogP contribution in [0.15, 0.2) is 6.07 Å². The topological polar surface area (TPSA) is 73.2 Å². The fourth-order valence-electron chi connectivity index (χ4n) is 1.41. The molecular weight excluding hydrogens is 279 g/mol. The summed E-state index contributed by atoms with van der Waals surface area (Å²) in [6.45, 7) is 1.19. The molecule has 20 heavy (non-hydrogen) atoms. The lowest BCUT2D eigenvalue weighted by Gasteiger charge is -2.06. The van der Waals surface area contributed by atoms with E-state index in [-0.39, 0.29) is 19.5 Å². The summed E-state index contributed by atoms with van der Waals surface area (Å²) in [6, 6.07) is 0.909.